The molecule has 29 heavy (non-hydrogen) atoms. The Kier molecular flexibility index (Phi) is 5.03. The summed E-state index contributed by atoms with van der Waals surface area (Å²) in [6, 6.07) is 16.8. The van der Waals surface area contributed by atoms with Gasteiger partial charge >= 0.3 is 5.97 Å². The van der Waals surface area contributed by atoms with Crippen LogP contribution in [0.4, 0.5) is 5.95 Å². The van der Waals surface area contributed by atoms with Crippen LogP contribution in [0.1, 0.15) is 25.5 Å². The molecule has 0 fully saturated rings. The number of hydrogen-bond acceptors (Lipinski definition) is 6. The van der Waals surface area contributed by atoms with Crippen molar-refractivity contribution in [2.75, 3.05) is 19.0 Å². The van der Waals surface area contributed by atoms with E-state index < -0.39 is 12.0 Å². The number of nitrogens with one attached hydrogen (secondary N) is 1. The number of hydrogen-bond donors (Lipinski definition) is 1. The summed E-state index contributed by atoms with van der Waals surface area (Å²) in [5.41, 5.74) is 2.86. The quantitative estimate of drug-likeness (QED) is 0.668. The molecule has 1 atom stereocenters. The minimum atomic E-state index is -0.522. The lowest BCUT2D eigenvalue weighted by Crippen LogP contribution is -2.30. The highest BCUT2D eigenvalue weighted by atomic mass is 16.5. The molecular formula is C22H22N4O3. The lowest BCUT2D eigenvalue weighted by atomic mass is 9.95. The number of allylic oxidation sites excluding steroid dienone is 1. The molecule has 7 nitrogen and oxygen atoms in total. The van der Waals surface area contributed by atoms with E-state index in [1.54, 1.807) is 18.7 Å². The predicted molar refractivity (Wildman–Crippen MR) is 110 cm³/mol. The van der Waals surface area contributed by atoms with Crippen LogP contribution in [0.15, 0.2) is 65.9 Å². The van der Waals surface area contributed by atoms with Gasteiger partial charge in [-0.15, -0.1) is 5.10 Å². The molecule has 0 radical (unpaired) electrons. The smallest absolute Gasteiger partial charge is 0.338 e. The zero-order chi connectivity index (χ0) is 20.4. The fraction of sp³-hybridized carbons (Fsp3) is 0.227. The third-order valence-corrected chi connectivity index (χ3v) is 4.81. The number of benzene rings is 2. The Morgan fingerprint density at radius 3 is 2.59 bits per heavy atom. The second kappa shape index (κ2) is 7.79. The van der Waals surface area contributed by atoms with Crippen LogP contribution in [0, 0.1) is 0 Å². The first-order chi connectivity index (χ1) is 14.1. The van der Waals surface area contributed by atoms with Gasteiger partial charge in [0.25, 0.3) is 0 Å². The van der Waals surface area contributed by atoms with Crippen LogP contribution in [0.3, 0.4) is 0 Å². The molecule has 3 aromatic rings. The van der Waals surface area contributed by atoms with Crippen LogP contribution >= 0.6 is 0 Å². The summed E-state index contributed by atoms with van der Waals surface area (Å²) in [5.74, 6) is 1.41. The molecule has 148 valence electrons. The van der Waals surface area contributed by atoms with Gasteiger partial charge in [0.2, 0.25) is 5.95 Å². The maximum Gasteiger partial charge on any atom is 0.338 e. The second-order valence-corrected chi connectivity index (χ2v) is 6.60. The van der Waals surface area contributed by atoms with Crippen LogP contribution in [0.5, 0.6) is 5.75 Å². The summed E-state index contributed by atoms with van der Waals surface area (Å²) >= 11 is 0. The zero-order valence-electron chi connectivity index (χ0n) is 16.5. The molecule has 1 N–H and O–H groups in total. The Balaban J connectivity index is 1.90. The Morgan fingerprint density at radius 1 is 1.14 bits per heavy atom. The van der Waals surface area contributed by atoms with Crippen molar-refractivity contribution in [1.29, 1.82) is 0 Å². The van der Waals surface area contributed by atoms with Gasteiger partial charge in [-0.2, -0.15) is 4.98 Å². The first-order valence-corrected chi connectivity index (χ1v) is 9.43. The molecule has 2 heterocycles. The fourth-order valence-electron chi connectivity index (χ4n) is 3.51. The van der Waals surface area contributed by atoms with Crippen LogP contribution in [0.25, 0.3) is 11.4 Å². The first kappa shape index (κ1) is 18.7. The van der Waals surface area contributed by atoms with Gasteiger partial charge in [-0.1, -0.05) is 48.5 Å². The number of para-hydroxylation sites is 1. The Hall–Kier alpha value is -3.61. The Bertz CT molecular complexity index is 1070. The lowest BCUT2D eigenvalue weighted by molar-refractivity contribution is -0.139. The van der Waals surface area contributed by atoms with E-state index in [1.807, 2.05) is 61.5 Å². The van der Waals surface area contributed by atoms with E-state index in [1.165, 1.54) is 0 Å². The van der Waals surface area contributed by atoms with Gasteiger partial charge in [0.15, 0.2) is 5.82 Å². The number of ether oxygens (including phenoxy) is 2. The SMILES string of the molecule is CCOC(=O)C1=C(C)Nc2nc(-c3ccccc3)nn2[C@H]1c1ccccc1OC. The Labute approximate surface area is 169 Å². The number of methoxy groups -OCH3 is 1. The van der Waals surface area contributed by atoms with Crippen molar-refractivity contribution in [3.63, 3.8) is 0 Å². The molecule has 0 spiro atoms. The normalized spacial score (nSPS) is 15.5. The van der Waals surface area contributed by atoms with Gasteiger partial charge in [0.05, 0.1) is 19.3 Å². The summed E-state index contributed by atoms with van der Waals surface area (Å²) in [7, 11) is 1.61. The third-order valence-electron chi connectivity index (χ3n) is 4.81. The highest BCUT2D eigenvalue weighted by molar-refractivity contribution is 5.92. The molecule has 0 saturated heterocycles. The molecular weight excluding hydrogens is 368 g/mol. The third kappa shape index (κ3) is 3.35. The number of anilines is 1. The van der Waals surface area contributed by atoms with Crippen molar-refractivity contribution < 1.29 is 14.3 Å². The number of carbonyl (C=O) groups excluding carboxylic acids is 1. The van der Waals surface area contributed by atoms with Crippen molar-refractivity contribution in [3.05, 3.63) is 71.4 Å². The molecule has 1 aromatic heterocycles. The van der Waals surface area contributed by atoms with Gasteiger partial charge in [-0.25, -0.2) is 9.48 Å². The van der Waals surface area contributed by atoms with E-state index in [2.05, 4.69) is 10.3 Å². The number of esters is 1. The van der Waals surface area contributed by atoms with Crippen molar-refractivity contribution in [1.82, 2.24) is 14.8 Å². The minimum absolute atomic E-state index is 0.285. The summed E-state index contributed by atoms with van der Waals surface area (Å²) in [6.07, 6.45) is 0. The number of fused-ring (bicyclic) bond motifs is 1. The van der Waals surface area contributed by atoms with Crippen molar-refractivity contribution in [2.24, 2.45) is 0 Å². The topological polar surface area (TPSA) is 78.3 Å². The molecule has 0 bridgehead atoms. The van der Waals surface area contributed by atoms with Crippen molar-refractivity contribution >= 4 is 11.9 Å². The van der Waals surface area contributed by atoms with Gasteiger partial charge in [0, 0.05) is 16.8 Å². The Morgan fingerprint density at radius 2 is 1.86 bits per heavy atom. The minimum Gasteiger partial charge on any atom is -0.496 e. The molecule has 0 saturated carbocycles. The molecule has 4 rings (SSSR count). The summed E-state index contributed by atoms with van der Waals surface area (Å²) in [6.45, 7) is 3.92. The van der Waals surface area contributed by atoms with Gasteiger partial charge < -0.3 is 14.8 Å². The molecule has 1 aliphatic heterocycles. The number of carbonyl (C=O) groups is 1. The van der Waals surface area contributed by atoms with E-state index in [9.17, 15) is 4.79 Å². The number of rotatable bonds is 5. The summed E-state index contributed by atoms with van der Waals surface area (Å²) < 4.78 is 12.6. The molecule has 7 heteroatoms. The average Bonchev–Trinajstić information content (AvgIpc) is 3.17. The highest BCUT2D eigenvalue weighted by Gasteiger charge is 2.36. The fourth-order valence-corrected chi connectivity index (χ4v) is 3.51. The molecule has 2 aromatic carbocycles. The summed E-state index contributed by atoms with van der Waals surface area (Å²) in [5, 5.41) is 7.93. The van der Waals surface area contributed by atoms with E-state index in [-0.39, 0.29) is 6.61 Å². The van der Waals surface area contributed by atoms with Gasteiger partial charge in [0.1, 0.15) is 11.8 Å². The van der Waals surface area contributed by atoms with Crippen LogP contribution in [-0.2, 0) is 9.53 Å². The van der Waals surface area contributed by atoms with E-state index in [0.717, 1.165) is 11.1 Å². The lowest BCUT2D eigenvalue weighted by Gasteiger charge is -2.28. The molecule has 0 amide bonds. The second-order valence-electron chi connectivity index (χ2n) is 6.60. The van der Waals surface area contributed by atoms with Gasteiger partial charge in [-0.05, 0) is 19.9 Å². The molecule has 1 aliphatic rings. The van der Waals surface area contributed by atoms with E-state index in [0.29, 0.717) is 28.8 Å². The molecule has 0 unspecified atom stereocenters. The maximum absolute atomic E-state index is 12.9. The average molecular weight is 390 g/mol. The van der Waals surface area contributed by atoms with Crippen LogP contribution < -0.4 is 10.1 Å². The van der Waals surface area contributed by atoms with Crippen LogP contribution in [0.2, 0.25) is 0 Å². The van der Waals surface area contributed by atoms with Crippen LogP contribution in [-0.4, -0.2) is 34.5 Å². The largest absolute Gasteiger partial charge is 0.496 e. The number of aromatic nitrogens is 3. The maximum atomic E-state index is 12.9. The van der Waals surface area contributed by atoms with Crippen molar-refractivity contribution in [2.45, 2.75) is 19.9 Å². The predicted octanol–water partition coefficient (Wildman–Crippen LogP) is 3.81. The number of nitrogens with zero attached hydrogens (tertiary/aromatic N) is 3. The standard InChI is InChI=1S/C22H22N4O3/c1-4-29-21(27)18-14(2)23-22-24-20(15-10-6-5-7-11-15)25-26(22)19(18)16-12-8-9-13-17(16)28-3/h5-13,19H,4H2,1-3H3,(H,23,24,25)/t19-/m0/s1. The van der Waals surface area contributed by atoms with Crippen molar-refractivity contribution in [3.8, 4) is 17.1 Å². The summed E-state index contributed by atoms with van der Waals surface area (Å²) in [4.78, 5) is 17.5. The van der Waals surface area contributed by atoms with E-state index in [4.69, 9.17) is 14.6 Å². The highest BCUT2D eigenvalue weighted by Crippen LogP contribution is 2.40. The first-order valence-electron chi connectivity index (χ1n) is 9.43. The zero-order valence-corrected chi connectivity index (χ0v) is 16.5. The monoisotopic (exact) mass is 390 g/mol. The molecule has 0 aliphatic carbocycles. The van der Waals surface area contributed by atoms with Gasteiger partial charge in [-0.3, -0.25) is 0 Å². The van der Waals surface area contributed by atoms with E-state index >= 15 is 0 Å².